The third-order valence-electron chi connectivity index (χ3n) is 5.80. The van der Waals surface area contributed by atoms with E-state index in [4.69, 9.17) is 4.74 Å². The summed E-state index contributed by atoms with van der Waals surface area (Å²) < 4.78 is 33.0. The van der Waals surface area contributed by atoms with Crippen LogP contribution in [0.2, 0.25) is 0 Å². The van der Waals surface area contributed by atoms with Crippen molar-refractivity contribution in [3.05, 3.63) is 51.3 Å². The Labute approximate surface area is 186 Å². The van der Waals surface area contributed by atoms with Gasteiger partial charge >= 0.3 is 0 Å². The SMILES string of the molecule is COc1ccc(-c2cn(C)c(=O)c3cc(CN4CCN(S(C)(=O)=O)CC4)sc23)c(C)c1. The predicted octanol–water partition coefficient (Wildman–Crippen LogP) is 2.66. The number of thiophene rings is 1. The summed E-state index contributed by atoms with van der Waals surface area (Å²) in [7, 11) is 0.294. The van der Waals surface area contributed by atoms with Crippen molar-refractivity contribution < 1.29 is 13.2 Å². The molecule has 7 nitrogen and oxygen atoms in total. The van der Waals surface area contributed by atoms with Crippen molar-refractivity contribution in [3.8, 4) is 16.9 Å². The van der Waals surface area contributed by atoms with Crippen LogP contribution < -0.4 is 10.3 Å². The fourth-order valence-corrected chi connectivity index (χ4v) is 6.12. The molecule has 3 heterocycles. The molecule has 1 saturated heterocycles. The van der Waals surface area contributed by atoms with E-state index >= 15 is 0 Å². The van der Waals surface area contributed by atoms with Gasteiger partial charge in [0, 0.05) is 61.1 Å². The molecule has 0 atom stereocenters. The van der Waals surface area contributed by atoms with E-state index in [1.165, 1.54) is 10.6 Å². The molecule has 0 radical (unpaired) electrons. The highest BCUT2D eigenvalue weighted by molar-refractivity contribution is 7.88. The number of benzene rings is 1. The minimum Gasteiger partial charge on any atom is -0.497 e. The first kappa shape index (κ1) is 22.0. The van der Waals surface area contributed by atoms with Crippen molar-refractivity contribution in [2.45, 2.75) is 13.5 Å². The lowest BCUT2D eigenvalue weighted by molar-refractivity contribution is 0.183. The number of hydrogen-bond donors (Lipinski definition) is 0. The molecule has 0 unspecified atom stereocenters. The van der Waals surface area contributed by atoms with E-state index in [1.54, 1.807) is 30.1 Å². The third kappa shape index (κ3) is 4.41. The fraction of sp³-hybridized carbons (Fsp3) is 0.409. The maximum absolute atomic E-state index is 12.8. The first-order valence-electron chi connectivity index (χ1n) is 10.1. The van der Waals surface area contributed by atoms with E-state index in [1.807, 2.05) is 37.4 Å². The van der Waals surface area contributed by atoms with Crippen LogP contribution in [-0.2, 0) is 23.6 Å². The first-order valence-corrected chi connectivity index (χ1v) is 12.8. The van der Waals surface area contributed by atoms with E-state index in [-0.39, 0.29) is 5.56 Å². The monoisotopic (exact) mass is 461 g/mol. The molecule has 0 saturated carbocycles. The number of fused-ring (bicyclic) bond motifs is 1. The summed E-state index contributed by atoms with van der Waals surface area (Å²) in [5.41, 5.74) is 3.20. The molecule has 0 bridgehead atoms. The van der Waals surface area contributed by atoms with Crippen LogP contribution in [0, 0.1) is 6.92 Å². The Kier molecular flexibility index (Phi) is 5.95. The highest BCUT2D eigenvalue weighted by Gasteiger charge is 2.24. The van der Waals surface area contributed by atoms with E-state index in [9.17, 15) is 13.2 Å². The second-order valence-electron chi connectivity index (χ2n) is 8.03. The third-order valence-corrected chi connectivity index (χ3v) is 8.26. The fourth-order valence-electron chi connectivity index (χ4n) is 4.08. The Balaban J connectivity index is 1.67. The van der Waals surface area contributed by atoms with Crippen molar-refractivity contribution in [3.63, 3.8) is 0 Å². The molecule has 31 heavy (non-hydrogen) atoms. The van der Waals surface area contributed by atoms with Crippen LogP contribution >= 0.6 is 11.3 Å². The van der Waals surface area contributed by atoms with Crippen LogP contribution in [0.4, 0.5) is 0 Å². The second kappa shape index (κ2) is 8.38. The number of sulfonamides is 1. The summed E-state index contributed by atoms with van der Waals surface area (Å²) in [5.74, 6) is 0.808. The first-order chi connectivity index (χ1) is 14.7. The number of aryl methyl sites for hydroxylation is 2. The van der Waals surface area contributed by atoms with Crippen LogP contribution in [0.5, 0.6) is 5.75 Å². The van der Waals surface area contributed by atoms with Gasteiger partial charge in [0.05, 0.1) is 18.8 Å². The van der Waals surface area contributed by atoms with Gasteiger partial charge in [0.2, 0.25) is 10.0 Å². The molecule has 0 spiro atoms. The van der Waals surface area contributed by atoms with Gasteiger partial charge in [-0.05, 0) is 36.2 Å². The lowest BCUT2D eigenvalue weighted by Gasteiger charge is -2.32. The molecular weight excluding hydrogens is 434 g/mol. The average molecular weight is 462 g/mol. The van der Waals surface area contributed by atoms with Gasteiger partial charge in [0.1, 0.15) is 5.75 Å². The molecule has 3 aromatic rings. The van der Waals surface area contributed by atoms with Crippen LogP contribution in [0.25, 0.3) is 21.2 Å². The zero-order valence-corrected chi connectivity index (χ0v) is 19.8. The predicted molar refractivity (Wildman–Crippen MR) is 125 cm³/mol. The van der Waals surface area contributed by atoms with Crippen LogP contribution in [0.3, 0.4) is 0 Å². The molecule has 9 heteroatoms. The molecule has 2 aromatic heterocycles. The van der Waals surface area contributed by atoms with Crippen molar-refractivity contribution >= 4 is 31.4 Å². The Morgan fingerprint density at radius 2 is 1.81 bits per heavy atom. The quantitative estimate of drug-likeness (QED) is 0.584. The van der Waals surface area contributed by atoms with Gasteiger partial charge in [0.25, 0.3) is 5.56 Å². The minimum atomic E-state index is -3.14. The Bertz CT molecular complexity index is 1290. The number of methoxy groups -OCH3 is 1. The molecule has 1 aliphatic heterocycles. The number of nitrogens with zero attached hydrogens (tertiary/aromatic N) is 3. The number of hydrogen-bond acceptors (Lipinski definition) is 6. The molecule has 4 rings (SSSR count). The summed E-state index contributed by atoms with van der Waals surface area (Å²) in [6.07, 6.45) is 3.16. The molecule has 0 aliphatic carbocycles. The van der Waals surface area contributed by atoms with Crippen molar-refractivity contribution in [2.75, 3.05) is 39.5 Å². The number of ether oxygens (including phenoxy) is 1. The average Bonchev–Trinajstić information content (AvgIpc) is 3.14. The zero-order valence-electron chi connectivity index (χ0n) is 18.2. The van der Waals surface area contributed by atoms with Gasteiger partial charge in [-0.25, -0.2) is 8.42 Å². The lowest BCUT2D eigenvalue weighted by atomic mass is 10.0. The van der Waals surface area contributed by atoms with E-state index in [2.05, 4.69) is 4.90 Å². The van der Waals surface area contributed by atoms with Crippen LogP contribution in [-0.4, -0.2) is 61.7 Å². The Morgan fingerprint density at radius 1 is 1.10 bits per heavy atom. The van der Waals surface area contributed by atoms with E-state index in [0.717, 1.165) is 37.4 Å². The summed E-state index contributed by atoms with van der Waals surface area (Å²) in [6.45, 7) is 5.13. The van der Waals surface area contributed by atoms with Gasteiger partial charge in [-0.3, -0.25) is 9.69 Å². The summed E-state index contributed by atoms with van der Waals surface area (Å²) in [4.78, 5) is 16.2. The van der Waals surface area contributed by atoms with Crippen molar-refractivity contribution in [1.82, 2.24) is 13.8 Å². The van der Waals surface area contributed by atoms with Crippen LogP contribution in [0.1, 0.15) is 10.4 Å². The van der Waals surface area contributed by atoms with Gasteiger partial charge < -0.3 is 9.30 Å². The van der Waals surface area contributed by atoms with Crippen molar-refractivity contribution in [2.24, 2.45) is 7.05 Å². The number of aromatic nitrogens is 1. The molecule has 166 valence electrons. The second-order valence-corrected chi connectivity index (χ2v) is 11.2. The highest BCUT2D eigenvalue weighted by Crippen LogP contribution is 2.36. The van der Waals surface area contributed by atoms with E-state index < -0.39 is 10.0 Å². The smallest absolute Gasteiger partial charge is 0.259 e. The lowest BCUT2D eigenvalue weighted by Crippen LogP contribution is -2.47. The molecule has 1 fully saturated rings. The number of pyridine rings is 1. The van der Waals surface area contributed by atoms with Gasteiger partial charge in [-0.2, -0.15) is 4.31 Å². The maximum Gasteiger partial charge on any atom is 0.259 e. The molecular formula is C22H27N3O4S2. The largest absolute Gasteiger partial charge is 0.497 e. The van der Waals surface area contributed by atoms with Gasteiger partial charge in [-0.1, -0.05) is 6.07 Å². The number of rotatable bonds is 5. The highest BCUT2D eigenvalue weighted by atomic mass is 32.2. The molecule has 0 N–H and O–H groups in total. The van der Waals surface area contributed by atoms with Crippen LogP contribution in [0.15, 0.2) is 35.3 Å². The number of piperazine rings is 1. The topological polar surface area (TPSA) is 71.8 Å². The van der Waals surface area contributed by atoms with Gasteiger partial charge in [0.15, 0.2) is 0 Å². The summed E-state index contributed by atoms with van der Waals surface area (Å²) in [6, 6.07) is 7.97. The standard InChI is InChI=1S/C22H27N3O4S2/c1-15-11-16(29-3)5-6-18(15)20-14-23(2)22(26)19-12-17(30-21(19)20)13-24-7-9-25(10-8-24)31(4,27)28/h5-6,11-12,14H,7-10,13H2,1-4H3. The molecule has 0 amide bonds. The normalized spacial score (nSPS) is 16.1. The Morgan fingerprint density at radius 3 is 2.42 bits per heavy atom. The Hall–Kier alpha value is -2.20. The van der Waals surface area contributed by atoms with E-state index in [0.29, 0.717) is 32.7 Å². The molecule has 1 aromatic carbocycles. The van der Waals surface area contributed by atoms with Crippen molar-refractivity contribution in [1.29, 1.82) is 0 Å². The maximum atomic E-state index is 12.8. The zero-order chi connectivity index (χ0) is 22.3. The summed E-state index contributed by atoms with van der Waals surface area (Å²) >= 11 is 1.64. The minimum absolute atomic E-state index is 0.00527. The molecule has 1 aliphatic rings. The van der Waals surface area contributed by atoms with Gasteiger partial charge in [-0.15, -0.1) is 11.3 Å². The summed E-state index contributed by atoms with van der Waals surface area (Å²) in [5, 5.41) is 0.727.